The molecule has 0 bridgehead atoms. The fraction of sp³-hybridized carbons (Fsp3) is 0.625. The van der Waals surface area contributed by atoms with Gasteiger partial charge < -0.3 is 10.0 Å². The van der Waals surface area contributed by atoms with Gasteiger partial charge in [-0.2, -0.15) is 0 Å². The molecule has 1 atom stereocenters. The monoisotopic (exact) mass is 281 g/mol. The first-order chi connectivity index (χ1) is 8.99. The summed E-state index contributed by atoms with van der Waals surface area (Å²) in [6.07, 6.45) is 3.26. The molecule has 1 aromatic rings. The lowest BCUT2D eigenvalue weighted by molar-refractivity contribution is 0.199. The van der Waals surface area contributed by atoms with Crippen LogP contribution in [-0.4, -0.2) is 17.7 Å². The molecule has 0 aromatic heterocycles. The molecule has 1 aliphatic carbocycles. The van der Waals surface area contributed by atoms with E-state index in [9.17, 15) is 5.11 Å². The Morgan fingerprint density at radius 2 is 2.00 bits per heavy atom. The molecular weight excluding hydrogens is 258 g/mol. The number of benzene rings is 1. The second kappa shape index (κ2) is 6.15. The molecule has 3 heteroatoms. The lowest BCUT2D eigenvalue weighted by Crippen LogP contribution is -2.28. The molecule has 1 aliphatic rings. The van der Waals surface area contributed by atoms with Gasteiger partial charge in [0, 0.05) is 12.6 Å². The summed E-state index contributed by atoms with van der Waals surface area (Å²) >= 11 is 6.40. The van der Waals surface area contributed by atoms with Crippen LogP contribution in [0.1, 0.15) is 51.7 Å². The van der Waals surface area contributed by atoms with Gasteiger partial charge >= 0.3 is 0 Å². The topological polar surface area (TPSA) is 23.5 Å². The molecule has 0 amide bonds. The number of halogens is 1. The van der Waals surface area contributed by atoms with Crippen LogP contribution in [0.5, 0.6) is 0 Å². The van der Waals surface area contributed by atoms with E-state index in [4.69, 9.17) is 11.6 Å². The fourth-order valence-corrected chi connectivity index (χ4v) is 2.60. The highest BCUT2D eigenvalue weighted by atomic mass is 35.5. The average Bonchev–Trinajstić information content (AvgIpc) is 3.14. The second-order valence-corrected chi connectivity index (χ2v) is 6.40. The van der Waals surface area contributed by atoms with E-state index in [1.165, 1.54) is 19.3 Å². The Morgan fingerprint density at radius 1 is 1.32 bits per heavy atom. The van der Waals surface area contributed by atoms with Crippen molar-refractivity contribution in [3.63, 3.8) is 0 Å². The molecule has 2 nitrogen and oxygen atoms in total. The summed E-state index contributed by atoms with van der Waals surface area (Å²) in [5.74, 6) is 0.705. The molecule has 0 radical (unpaired) electrons. The van der Waals surface area contributed by atoms with Crippen molar-refractivity contribution in [2.45, 2.75) is 52.2 Å². The van der Waals surface area contributed by atoms with Crippen molar-refractivity contribution in [1.29, 1.82) is 0 Å². The lowest BCUT2D eigenvalue weighted by Gasteiger charge is -2.27. The van der Waals surface area contributed by atoms with Crippen molar-refractivity contribution in [3.05, 3.63) is 28.8 Å². The minimum atomic E-state index is -0.461. The van der Waals surface area contributed by atoms with Gasteiger partial charge in [-0.05, 0) is 49.8 Å². The Bertz CT molecular complexity index is 427. The van der Waals surface area contributed by atoms with E-state index in [1.807, 2.05) is 12.1 Å². The largest absolute Gasteiger partial charge is 0.389 e. The van der Waals surface area contributed by atoms with E-state index in [-0.39, 0.29) is 0 Å². The molecule has 1 saturated carbocycles. The quantitative estimate of drug-likeness (QED) is 0.835. The Kier molecular flexibility index (Phi) is 4.75. The predicted octanol–water partition coefficient (Wildman–Crippen LogP) is 4.41. The van der Waals surface area contributed by atoms with Crippen molar-refractivity contribution in [1.82, 2.24) is 0 Å². The molecule has 0 spiro atoms. The number of hydrogen-bond donors (Lipinski definition) is 1. The van der Waals surface area contributed by atoms with Crippen LogP contribution in [0.15, 0.2) is 18.2 Å². The van der Waals surface area contributed by atoms with Gasteiger partial charge in [0.05, 0.1) is 16.8 Å². The highest BCUT2D eigenvalue weighted by Gasteiger charge is 2.30. The third-order valence-corrected chi connectivity index (χ3v) is 4.00. The third-order valence-electron chi connectivity index (χ3n) is 3.70. The van der Waals surface area contributed by atoms with Crippen molar-refractivity contribution < 1.29 is 5.11 Å². The first-order valence-corrected chi connectivity index (χ1v) is 7.61. The number of anilines is 1. The standard InChI is InChI=1S/C16H24ClNO/c1-11(2)8-9-18(14-5-6-14)16-7-4-13(12(3)19)10-15(16)17/h4,7,10-12,14,19H,5-6,8-9H2,1-3H3. The SMILES string of the molecule is CC(C)CCN(c1ccc(C(C)O)cc1Cl)C1CC1. The van der Waals surface area contributed by atoms with Gasteiger partial charge in [-0.25, -0.2) is 0 Å². The van der Waals surface area contributed by atoms with Gasteiger partial charge in [-0.3, -0.25) is 0 Å². The van der Waals surface area contributed by atoms with E-state index in [2.05, 4.69) is 24.8 Å². The molecule has 0 saturated heterocycles. The van der Waals surface area contributed by atoms with E-state index >= 15 is 0 Å². The zero-order valence-corrected chi connectivity index (χ0v) is 12.8. The zero-order valence-electron chi connectivity index (χ0n) is 12.1. The summed E-state index contributed by atoms with van der Waals surface area (Å²) in [7, 11) is 0. The zero-order chi connectivity index (χ0) is 14.0. The van der Waals surface area contributed by atoms with Crippen LogP contribution in [0, 0.1) is 5.92 Å². The van der Waals surface area contributed by atoms with Crippen LogP contribution in [0.2, 0.25) is 5.02 Å². The van der Waals surface area contributed by atoms with Crippen LogP contribution in [-0.2, 0) is 0 Å². The van der Waals surface area contributed by atoms with Crippen LogP contribution >= 0.6 is 11.6 Å². The minimum Gasteiger partial charge on any atom is -0.389 e. The van der Waals surface area contributed by atoms with E-state index in [1.54, 1.807) is 6.92 Å². The van der Waals surface area contributed by atoms with Crippen LogP contribution in [0.3, 0.4) is 0 Å². The van der Waals surface area contributed by atoms with Gasteiger partial charge in [-0.1, -0.05) is 31.5 Å². The first-order valence-electron chi connectivity index (χ1n) is 7.23. The molecule has 1 fully saturated rings. The van der Waals surface area contributed by atoms with Gasteiger partial charge in [-0.15, -0.1) is 0 Å². The number of rotatable bonds is 6. The molecule has 2 rings (SSSR count). The summed E-state index contributed by atoms with van der Waals surface area (Å²) in [4.78, 5) is 2.44. The second-order valence-electron chi connectivity index (χ2n) is 5.99. The Labute approximate surface area is 121 Å². The lowest BCUT2D eigenvalue weighted by atomic mass is 10.1. The number of nitrogens with zero attached hydrogens (tertiary/aromatic N) is 1. The molecule has 106 valence electrons. The van der Waals surface area contributed by atoms with Crippen molar-refractivity contribution in [3.8, 4) is 0 Å². The smallest absolute Gasteiger partial charge is 0.0762 e. The van der Waals surface area contributed by atoms with Gasteiger partial charge in [0.15, 0.2) is 0 Å². The average molecular weight is 282 g/mol. The minimum absolute atomic E-state index is 0.461. The maximum absolute atomic E-state index is 9.60. The summed E-state index contributed by atoms with van der Waals surface area (Å²) in [5.41, 5.74) is 2.00. The third kappa shape index (κ3) is 3.87. The van der Waals surface area contributed by atoms with E-state index in [0.717, 1.165) is 22.8 Å². The number of aliphatic hydroxyl groups excluding tert-OH is 1. The fourth-order valence-electron chi connectivity index (χ4n) is 2.30. The van der Waals surface area contributed by atoms with E-state index in [0.29, 0.717) is 12.0 Å². The van der Waals surface area contributed by atoms with Crippen molar-refractivity contribution >= 4 is 17.3 Å². The van der Waals surface area contributed by atoms with Crippen LogP contribution < -0.4 is 4.90 Å². The Balaban J connectivity index is 2.17. The Hall–Kier alpha value is -0.730. The van der Waals surface area contributed by atoms with Gasteiger partial charge in [0.1, 0.15) is 0 Å². The maximum Gasteiger partial charge on any atom is 0.0762 e. The maximum atomic E-state index is 9.60. The molecule has 0 aliphatic heterocycles. The van der Waals surface area contributed by atoms with Gasteiger partial charge in [0.25, 0.3) is 0 Å². The van der Waals surface area contributed by atoms with Gasteiger partial charge in [0.2, 0.25) is 0 Å². The highest BCUT2D eigenvalue weighted by Crippen LogP contribution is 2.37. The van der Waals surface area contributed by atoms with E-state index < -0.39 is 6.10 Å². The summed E-state index contributed by atoms with van der Waals surface area (Å²) in [6.45, 7) is 7.34. The first kappa shape index (κ1) is 14.7. The van der Waals surface area contributed by atoms with Crippen LogP contribution in [0.25, 0.3) is 0 Å². The summed E-state index contributed by atoms with van der Waals surface area (Å²) in [6, 6.07) is 6.60. The normalized spacial score (nSPS) is 16.7. The molecule has 19 heavy (non-hydrogen) atoms. The summed E-state index contributed by atoms with van der Waals surface area (Å²) < 4.78 is 0. The number of hydrogen-bond acceptors (Lipinski definition) is 2. The molecule has 1 aromatic carbocycles. The highest BCUT2D eigenvalue weighted by molar-refractivity contribution is 6.33. The van der Waals surface area contributed by atoms with Crippen molar-refractivity contribution in [2.24, 2.45) is 5.92 Å². The van der Waals surface area contributed by atoms with Crippen LogP contribution in [0.4, 0.5) is 5.69 Å². The number of aliphatic hydroxyl groups is 1. The molecule has 1 unspecified atom stereocenters. The Morgan fingerprint density at radius 3 is 2.47 bits per heavy atom. The summed E-state index contributed by atoms with van der Waals surface area (Å²) in [5, 5.41) is 10.4. The molecule has 1 N–H and O–H groups in total. The molecule has 0 heterocycles. The van der Waals surface area contributed by atoms with Crippen molar-refractivity contribution in [2.75, 3.05) is 11.4 Å². The molecular formula is C16H24ClNO. The predicted molar refractivity (Wildman–Crippen MR) is 81.9 cm³/mol.